The van der Waals surface area contributed by atoms with E-state index in [4.69, 9.17) is 4.74 Å². The fourth-order valence-corrected chi connectivity index (χ4v) is 3.01. The molecule has 0 saturated carbocycles. The minimum Gasteiger partial charge on any atom is -0.493 e. The molecule has 3 rings (SSSR count). The molecule has 0 aliphatic carbocycles. The van der Waals surface area contributed by atoms with Crippen molar-refractivity contribution in [3.63, 3.8) is 0 Å². The molecule has 2 N–H and O–H groups in total. The van der Waals surface area contributed by atoms with E-state index < -0.39 is 12.1 Å². The van der Waals surface area contributed by atoms with Crippen molar-refractivity contribution in [2.24, 2.45) is 0 Å². The van der Waals surface area contributed by atoms with Gasteiger partial charge in [-0.2, -0.15) is 5.10 Å². The monoisotopic (exact) mass is 398 g/mol. The van der Waals surface area contributed by atoms with Crippen molar-refractivity contribution in [1.82, 2.24) is 9.78 Å². The van der Waals surface area contributed by atoms with Gasteiger partial charge in [0.05, 0.1) is 36.2 Å². The number of rotatable bonds is 8. The number of aliphatic hydroxyl groups is 1. The number of hydrogen-bond donors (Lipinski definition) is 2. The predicted octanol–water partition coefficient (Wildman–Crippen LogP) is 4.22. The average molecular weight is 398 g/mol. The first-order valence-electron chi connectivity index (χ1n) is 9.45. The van der Waals surface area contributed by atoms with Gasteiger partial charge in [-0.25, -0.2) is 9.18 Å². The van der Waals surface area contributed by atoms with Crippen molar-refractivity contribution in [1.29, 1.82) is 0 Å². The highest BCUT2D eigenvalue weighted by atomic mass is 19.1. The maximum atomic E-state index is 13.4. The van der Waals surface area contributed by atoms with E-state index in [0.717, 1.165) is 5.56 Å². The van der Waals surface area contributed by atoms with E-state index in [0.29, 0.717) is 35.7 Å². The first kappa shape index (κ1) is 20.5. The smallest absolute Gasteiger partial charge is 0.335 e. The van der Waals surface area contributed by atoms with Crippen molar-refractivity contribution in [2.45, 2.75) is 32.9 Å². The van der Waals surface area contributed by atoms with Crippen LogP contribution < -0.4 is 4.74 Å². The SMILES string of the molecule is CCOc1ccc(C(=O)O)cc1-c1cc(-c2ccc(F)cc2)n(CC(O)CC)n1. The van der Waals surface area contributed by atoms with Crippen molar-refractivity contribution in [2.75, 3.05) is 6.61 Å². The van der Waals surface area contributed by atoms with Crippen molar-refractivity contribution in [3.05, 3.63) is 59.9 Å². The lowest BCUT2D eigenvalue weighted by atomic mass is 10.1. The highest BCUT2D eigenvalue weighted by molar-refractivity contribution is 5.90. The molecule has 6 nitrogen and oxygen atoms in total. The minimum atomic E-state index is -1.05. The molecule has 3 aromatic rings. The molecule has 0 bridgehead atoms. The quantitative estimate of drug-likeness (QED) is 0.593. The van der Waals surface area contributed by atoms with Crippen molar-refractivity contribution < 1.29 is 24.1 Å². The maximum absolute atomic E-state index is 13.4. The van der Waals surface area contributed by atoms with Crippen LogP contribution in [0.1, 0.15) is 30.6 Å². The third-order valence-electron chi connectivity index (χ3n) is 4.58. The number of ether oxygens (including phenoxy) is 1. The van der Waals surface area contributed by atoms with Crippen LogP contribution in [0, 0.1) is 5.82 Å². The zero-order chi connectivity index (χ0) is 21.0. The molecule has 0 aliphatic heterocycles. The summed E-state index contributed by atoms with van der Waals surface area (Å²) in [5, 5.41) is 24.1. The zero-order valence-corrected chi connectivity index (χ0v) is 16.3. The standard InChI is InChI=1S/C22H23FN2O4/c1-3-17(26)13-25-20(14-5-8-16(23)9-6-14)12-19(24-25)18-11-15(22(27)28)7-10-21(18)29-4-2/h5-12,17,26H,3-4,13H2,1-2H3,(H,27,28). The predicted molar refractivity (Wildman–Crippen MR) is 107 cm³/mol. The van der Waals surface area contributed by atoms with E-state index in [1.165, 1.54) is 24.3 Å². The number of carboxylic acid groups (broad SMARTS) is 1. The number of nitrogens with zero attached hydrogens (tertiary/aromatic N) is 2. The summed E-state index contributed by atoms with van der Waals surface area (Å²) >= 11 is 0. The minimum absolute atomic E-state index is 0.120. The van der Waals surface area contributed by atoms with Crippen LogP contribution in [0.15, 0.2) is 48.5 Å². The normalized spacial score (nSPS) is 12.0. The van der Waals surface area contributed by atoms with Gasteiger partial charge in [-0.05, 0) is 61.9 Å². The number of hydrogen-bond acceptors (Lipinski definition) is 4. The molecule has 1 heterocycles. The molecule has 0 spiro atoms. The molecule has 2 aromatic carbocycles. The van der Waals surface area contributed by atoms with Gasteiger partial charge >= 0.3 is 5.97 Å². The molecule has 0 saturated heterocycles. The molecule has 1 unspecified atom stereocenters. The Kier molecular flexibility index (Phi) is 6.29. The van der Waals surface area contributed by atoms with Crippen LogP contribution in [0.4, 0.5) is 4.39 Å². The van der Waals surface area contributed by atoms with Crippen LogP contribution in [0.25, 0.3) is 22.5 Å². The third-order valence-corrected chi connectivity index (χ3v) is 4.58. The molecule has 29 heavy (non-hydrogen) atoms. The summed E-state index contributed by atoms with van der Waals surface area (Å²) in [5.74, 6) is -0.876. The van der Waals surface area contributed by atoms with Gasteiger partial charge in [0.25, 0.3) is 0 Å². The van der Waals surface area contributed by atoms with E-state index in [1.807, 2.05) is 13.8 Å². The summed E-state index contributed by atoms with van der Waals surface area (Å²) in [6, 6.07) is 12.4. The molecule has 0 amide bonds. The van der Waals surface area contributed by atoms with Gasteiger partial charge in [-0.3, -0.25) is 4.68 Å². The number of aromatic carboxylic acids is 1. The topological polar surface area (TPSA) is 84.6 Å². The molecule has 1 atom stereocenters. The molecular weight excluding hydrogens is 375 g/mol. The number of aliphatic hydroxyl groups excluding tert-OH is 1. The Balaban J connectivity index is 2.15. The van der Waals surface area contributed by atoms with E-state index in [2.05, 4.69) is 5.10 Å². The van der Waals surface area contributed by atoms with Gasteiger partial charge in [-0.15, -0.1) is 0 Å². The first-order valence-corrected chi connectivity index (χ1v) is 9.45. The van der Waals surface area contributed by atoms with Gasteiger partial charge in [0.15, 0.2) is 0 Å². The lowest BCUT2D eigenvalue weighted by molar-refractivity contribution is 0.0697. The van der Waals surface area contributed by atoms with Gasteiger partial charge < -0.3 is 14.9 Å². The molecular formula is C22H23FN2O4. The third kappa shape index (κ3) is 4.63. The van der Waals surface area contributed by atoms with E-state index in [-0.39, 0.29) is 17.9 Å². The van der Waals surface area contributed by atoms with Gasteiger partial charge in [0.2, 0.25) is 0 Å². The van der Waals surface area contributed by atoms with Crippen molar-refractivity contribution >= 4 is 5.97 Å². The largest absolute Gasteiger partial charge is 0.493 e. The van der Waals surface area contributed by atoms with Gasteiger partial charge in [-0.1, -0.05) is 6.92 Å². The molecule has 7 heteroatoms. The van der Waals surface area contributed by atoms with E-state index in [1.54, 1.807) is 28.9 Å². The Hall–Kier alpha value is -3.19. The van der Waals surface area contributed by atoms with E-state index >= 15 is 0 Å². The Morgan fingerprint density at radius 3 is 2.52 bits per heavy atom. The van der Waals surface area contributed by atoms with E-state index in [9.17, 15) is 19.4 Å². The van der Waals surface area contributed by atoms with Crippen LogP contribution in [0.3, 0.4) is 0 Å². The summed E-state index contributed by atoms with van der Waals surface area (Å²) < 4.78 is 20.7. The number of benzene rings is 2. The number of aromatic nitrogens is 2. The molecule has 0 radical (unpaired) electrons. The fourth-order valence-electron chi connectivity index (χ4n) is 3.01. The lowest BCUT2D eigenvalue weighted by Crippen LogP contribution is -2.16. The number of carboxylic acids is 1. The Bertz CT molecular complexity index is 999. The summed E-state index contributed by atoms with van der Waals surface area (Å²) in [7, 11) is 0. The molecule has 0 aliphatic rings. The molecule has 152 valence electrons. The van der Waals surface area contributed by atoms with Crippen LogP contribution in [0.5, 0.6) is 5.75 Å². The molecule has 0 fully saturated rings. The molecule has 1 aromatic heterocycles. The summed E-state index contributed by atoms with van der Waals surface area (Å²) in [6.45, 7) is 4.39. The second-order valence-corrected chi connectivity index (χ2v) is 6.61. The highest BCUT2D eigenvalue weighted by Crippen LogP contribution is 2.33. The number of carbonyl (C=O) groups is 1. The van der Waals surface area contributed by atoms with Crippen LogP contribution in [0.2, 0.25) is 0 Å². The summed E-state index contributed by atoms with van der Waals surface area (Å²) in [4.78, 5) is 11.4. The Morgan fingerprint density at radius 1 is 1.17 bits per heavy atom. The Labute approximate surface area is 168 Å². The number of halogens is 1. The van der Waals surface area contributed by atoms with Gasteiger partial charge in [0, 0.05) is 11.1 Å². The fraction of sp³-hybridized carbons (Fsp3) is 0.273. The second-order valence-electron chi connectivity index (χ2n) is 6.61. The Morgan fingerprint density at radius 2 is 1.90 bits per heavy atom. The second kappa shape index (κ2) is 8.87. The van der Waals surface area contributed by atoms with Gasteiger partial charge in [0.1, 0.15) is 11.6 Å². The van der Waals surface area contributed by atoms with Crippen LogP contribution in [-0.4, -0.2) is 38.7 Å². The first-order chi connectivity index (χ1) is 13.9. The highest BCUT2D eigenvalue weighted by Gasteiger charge is 2.18. The zero-order valence-electron chi connectivity index (χ0n) is 16.3. The average Bonchev–Trinajstić information content (AvgIpc) is 3.12. The van der Waals surface area contributed by atoms with Crippen LogP contribution >= 0.6 is 0 Å². The summed E-state index contributed by atoms with van der Waals surface area (Å²) in [6.07, 6.45) is -0.0461. The lowest BCUT2D eigenvalue weighted by Gasteiger charge is -2.11. The van der Waals surface area contributed by atoms with Crippen LogP contribution in [-0.2, 0) is 6.54 Å². The maximum Gasteiger partial charge on any atom is 0.335 e. The summed E-state index contributed by atoms with van der Waals surface area (Å²) in [5.41, 5.74) is 2.60. The van der Waals surface area contributed by atoms with Crippen molar-refractivity contribution in [3.8, 4) is 28.3 Å².